The Morgan fingerprint density at radius 2 is 1.80 bits per heavy atom. The Hall–Kier alpha value is -2.87. The Balaban J connectivity index is 2.12. The molecule has 0 aliphatic rings. The van der Waals surface area contributed by atoms with Crippen LogP contribution in [0.25, 0.3) is 0 Å². The molecule has 7 nitrogen and oxygen atoms in total. The Morgan fingerprint density at radius 1 is 1.12 bits per heavy atom. The van der Waals surface area contributed by atoms with Gasteiger partial charge in [0.2, 0.25) is 0 Å². The molecule has 0 aromatic heterocycles. The lowest BCUT2D eigenvalue weighted by atomic mass is 10.1. The van der Waals surface area contributed by atoms with Crippen molar-refractivity contribution < 1.29 is 14.5 Å². The summed E-state index contributed by atoms with van der Waals surface area (Å²) in [5.74, 6) is -0.710. The van der Waals surface area contributed by atoms with Crippen LogP contribution < -0.4 is 10.6 Å². The van der Waals surface area contributed by atoms with Crippen LogP contribution in [0.1, 0.15) is 26.3 Å². The fourth-order valence-corrected chi connectivity index (χ4v) is 2.62. The minimum Gasteiger partial charge on any atom is -0.355 e. The Labute approximate surface area is 149 Å². The van der Waals surface area contributed by atoms with Crippen molar-refractivity contribution in [2.45, 2.75) is 11.4 Å². The summed E-state index contributed by atoms with van der Waals surface area (Å²) >= 11 is 1.40. The summed E-state index contributed by atoms with van der Waals surface area (Å²) in [6.07, 6.45) is 1.83. The van der Waals surface area contributed by atoms with E-state index in [0.717, 1.165) is 10.5 Å². The molecule has 0 fully saturated rings. The quantitative estimate of drug-likeness (QED) is 0.469. The number of nitrogens with one attached hydrogen (secondary N) is 2. The second kappa shape index (κ2) is 8.29. The molecule has 0 spiro atoms. The van der Waals surface area contributed by atoms with Crippen molar-refractivity contribution >= 4 is 29.3 Å². The van der Waals surface area contributed by atoms with Crippen LogP contribution in [0.4, 0.5) is 5.69 Å². The summed E-state index contributed by atoms with van der Waals surface area (Å²) in [7, 11) is 1.55. The van der Waals surface area contributed by atoms with E-state index in [4.69, 9.17) is 0 Å². The second-order valence-electron chi connectivity index (χ2n) is 5.10. The van der Waals surface area contributed by atoms with E-state index >= 15 is 0 Å². The molecular formula is C17H17N3O4S. The predicted octanol–water partition coefficient (Wildman–Crippen LogP) is 2.61. The molecule has 2 aromatic rings. The molecule has 2 amide bonds. The maximum absolute atomic E-state index is 12.3. The number of nitrogens with zero attached hydrogens (tertiary/aromatic N) is 1. The monoisotopic (exact) mass is 359 g/mol. The number of amides is 2. The minimum absolute atomic E-state index is 0.0267. The SMILES string of the molecule is CNC(=O)c1ccc(CNC(=O)c2cc(SC)ccc2[N+](=O)[O-])cc1. The van der Waals surface area contributed by atoms with E-state index in [9.17, 15) is 19.7 Å². The summed E-state index contributed by atoms with van der Waals surface area (Å²) in [6.45, 7) is 0.202. The van der Waals surface area contributed by atoms with E-state index in [-0.39, 0.29) is 23.7 Å². The van der Waals surface area contributed by atoms with Crippen molar-refractivity contribution in [3.63, 3.8) is 0 Å². The highest BCUT2D eigenvalue weighted by Crippen LogP contribution is 2.24. The number of hydrogen-bond donors (Lipinski definition) is 2. The molecule has 0 saturated carbocycles. The lowest BCUT2D eigenvalue weighted by molar-refractivity contribution is -0.385. The highest BCUT2D eigenvalue weighted by molar-refractivity contribution is 7.98. The van der Waals surface area contributed by atoms with Crippen LogP contribution in [-0.4, -0.2) is 30.0 Å². The van der Waals surface area contributed by atoms with E-state index in [1.165, 1.54) is 23.9 Å². The molecule has 0 aliphatic carbocycles. The first kappa shape index (κ1) is 18.5. The first-order valence-electron chi connectivity index (χ1n) is 7.38. The Bertz CT molecular complexity index is 806. The van der Waals surface area contributed by atoms with Crippen LogP contribution in [-0.2, 0) is 6.54 Å². The summed E-state index contributed by atoms with van der Waals surface area (Å²) in [4.78, 5) is 35.1. The van der Waals surface area contributed by atoms with Gasteiger partial charge in [-0.2, -0.15) is 0 Å². The fourth-order valence-electron chi connectivity index (χ4n) is 2.18. The van der Waals surface area contributed by atoms with Crippen molar-refractivity contribution in [3.8, 4) is 0 Å². The minimum atomic E-state index is -0.572. The maximum atomic E-state index is 12.3. The van der Waals surface area contributed by atoms with Gasteiger partial charge in [-0.15, -0.1) is 11.8 Å². The largest absolute Gasteiger partial charge is 0.355 e. The van der Waals surface area contributed by atoms with E-state index in [2.05, 4.69) is 10.6 Å². The van der Waals surface area contributed by atoms with Crippen LogP contribution in [0.15, 0.2) is 47.4 Å². The van der Waals surface area contributed by atoms with Gasteiger partial charge in [-0.1, -0.05) is 12.1 Å². The number of hydrogen-bond acceptors (Lipinski definition) is 5. The number of thioether (sulfide) groups is 1. The number of nitro groups is 1. The molecule has 0 atom stereocenters. The number of carbonyl (C=O) groups excluding carboxylic acids is 2. The average Bonchev–Trinajstić information content (AvgIpc) is 2.65. The molecule has 2 N–H and O–H groups in total. The molecule has 2 rings (SSSR count). The van der Waals surface area contributed by atoms with Gasteiger partial charge in [0.25, 0.3) is 17.5 Å². The molecule has 8 heteroatoms. The molecule has 0 aliphatic heterocycles. The highest BCUT2D eigenvalue weighted by atomic mass is 32.2. The highest BCUT2D eigenvalue weighted by Gasteiger charge is 2.20. The molecule has 0 bridgehead atoms. The van der Waals surface area contributed by atoms with Crippen molar-refractivity contribution in [3.05, 3.63) is 69.3 Å². The number of carbonyl (C=O) groups is 2. The lowest BCUT2D eigenvalue weighted by Gasteiger charge is -2.08. The van der Waals surface area contributed by atoms with Crippen LogP contribution in [0, 0.1) is 10.1 Å². The third kappa shape index (κ3) is 4.57. The van der Waals surface area contributed by atoms with Crippen LogP contribution in [0.2, 0.25) is 0 Å². The fraction of sp³-hybridized carbons (Fsp3) is 0.176. The van der Waals surface area contributed by atoms with Gasteiger partial charge in [-0.3, -0.25) is 19.7 Å². The summed E-state index contributed by atoms with van der Waals surface area (Å²) in [6, 6.07) is 11.2. The van der Waals surface area contributed by atoms with Crippen molar-refractivity contribution in [1.29, 1.82) is 0 Å². The topological polar surface area (TPSA) is 101 Å². The van der Waals surface area contributed by atoms with Gasteiger partial charge in [0.05, 0.1) is 4.92 Å². The number of benzene rings is 2. The van der Waals surface area contributed by atoms with Gasteiger partial charge >= 0.3 is 0 Å². The zero-order valence-electron chi connectivity index (χ0n) is 13.7. The predicted molar refractivity (Wildman–Crippen MR) is 95.9 cm³/mol. The van der Waals surface area contributed by atoms with Gasteiger partial charge in [0.15, 0.2) is 0 Å². The summed E-state index contributed by atoms with van der Waals surface area (Å²) in [5.41, 5.74) is 1.09. The van der Waals surface area contributed by atoms with Crippen molar-refractivity contribution in [2.24, 2.45) is 0 Å². The molecule has 0 saturated heterocycles. The normalized spacial score (nSPS) is 10.2. The zero-order chi connectivity index (χ0) is 18.4. The van der Waals surface area contributed by atoms with Gasteiger partial charge in [0, 0.05) is 30.1 Å². The van der Waals surface area contributed by atoms with Gasteiger partial charge in [-0.05, 0) is 36.1 Å². The molecular weight excluding hydrogens is 342 g/mol. The summed E-state index contributed by atoms with van der Waals surface area (Å²) in [5, 5.41) is 16.3. The van der Waals surface area contributed by atoms with Crippen molar-refractivity contribution in [2.75, 3.05) is 13.3 Å². The number of rotatable bonds is 6. The Morgan fingerprint density at radius 3 is 2.36 bits per heavy atom. The zero-order valence-corrected chi connectivity index (χ0v) is 14.6. The third-order valence-electron chi connectivity index (χ3n) is 3.54. The smallest absolute Gasteiger partial charge is 0.282 e. The molecule has 0 unspecified atom stereocenters. The van der Waals surface area contributed by atoms with Gasteiger partial charge < -0.3 is 10.6 Å². The molecule has 130 valence electrons. The Kier molecular flexibility index (Phi) is 6.13. The molecule has 25 heavy (non-hydrogen) atoms. The van der Waals surface area contributed by atoms with Crippen molar-refractivity contribution in [1.82, 2.24) is 10.6 Å². The lowest BCUT2D eigenvalue weighted by Crippen LogP contribution is -2.24. The van der Waals surface area contributed by atoms with Crippen LogP contribution in [0.5, 0.6) is 0 Å². The van der Waals surface area contributed by atoms with E-state index < -0.39 is 10.8 Å². The number of nitro benzene ring substituents is 1. The van der Waals surface area contributed by atoms with E-state index in [1.807, 2.05) is 6.26 Å². The average molecular weight is 359 g/mol. The van der Waals surface area contributed by atoms with Gasteiger partial charge in [0.1, 0.15) is 5.56 Å². The van der Waals surface area contributed by atoms with Gasteiger partial charge in [-0.25, -0.2) is 0 Å². The standard InChI is InChI=1S/C17H17N3O4S/c1-18-16(21)12-5-3-11(4-6-12)10-19-17(22)14-9-13(25-2)7-8-15(14)20(23)24/h3-9H,10H2,1-2H3,(H,18,21)(H,19,22). The maximum Gasteiger partial charge on any atom is 0.282 e. The second-order valence-corrected chi connectivity index (χ2v) is 5.98. The van der Waals surface area contributed by atoms with E-state index in [0.29, 0.717) is 5.56 Å². The first-order valence-corrected chi connectivity index (χ1v) is 8.60. The molecule has 0 radical (unpaired) electrons. The molecule has 2 aromatic carbocycles. The summed E-state index contributed by atoms with van der Waals surface area (Å²) < 4.78 is 0. The van der Waals surface area contributed by atoms with Crippen LogP contribution in [0.3, 0.4) is 0 Å². The van der Waals surface area contributed by atoms with E-state index in [1.54, 1.807) is 37.4 Å². The van der Waals surface area contributed by atoms with Crippen LogP contribution >= 0.6 is 11.8 Å². The first-order chi connectivity index (χ1) is 12.0. The molecule has 0 heterocycles. The third-order valence-corrected chi connectivity index (χ3v) is 4.27.